The first-order valence-electron chi connectivity index (χ1n) is 12.7. The maximum atomic E-state index is 6.70. The van der Waals surface area contributed by atoms with Gasteiger partial charge in [-0.2, -0.15) is 0 Å². The second kappa shape index (κ2) is 10.8. The molecule has 0 unspecified atom stereocenters. The molecule has 2 heteroatoms. The van der Waals surface area contributed by atoms with Crippen LogP contribution in [-0.4, -0.2) is 0 Å². The molecule has 2 nitrogen and oxygen atoms in total. The summed E-state index contributed by atoms with van der Waals surface area (Å²) < 4.78 is 6.70. The van der Waals surface area contributed by atoms with Crippen molar-refractivity contribution in [2.45, 2.75) is 53.4 Å². The van der Waals surface area contributed by atoms with Gasteiger partial charge in [0.1, 0.15) is 5.58 Å². The van der Waals surface area contributed by atoms with Gasteiger partial charge in [-0.25, -0.2) is 0 Å². The predicted molar refractivity (Wildman–Crippen MR) is 153 cm³/mol. The number of nitrogens with zero attached hydrogens (tertiary/aromatic N) is 1. The van der Waals surface area contributed by atoms with Crippen LogP contribution in [0.2, 0.25) is 0 Å². The van der Waals surface area contributed by atoms with Crippen LogP contribution < -0.4 is 4.90 Å². The molecule has 1 aliphatic carbocycles. The van der Waals surface area contributed by atoms with Crippen molar-refractivity contribution in [3.63, 3.8) is 0 Å². The van der Waals surface area contributed by atoms with Crippen LogP contribution in [0.5, 0.6) is 0 Å². The van der Waals surface area contributed by atoms with Gasteiger partial charge in [0.15, 0.2) is 5.58 Å². The maximum Gasteiger partial charge on any atom is 0.159 e. The van der Waals surface area contributed by atoms with Gasteiger partial charge in [0.05, 0.1) is 5.69 Å². The highest BCUT2D eigenvalue weighted by molar-refractivity contribution is 6.10. The fraction of sp³-hybridized carbons (Fsp3) is 0.273. The molecule has 0 atom stereocenters. The van der Waals surface area contributed by atoms with Gasteiger partial charge in [-0.05, 0) is 67.5 Å². The summed E-state index contributed by atoms with van der Waals surface area (Å²) in [5.74, 6) is 0.429. The van der Waals surface area contributed by atoms with Crippen LogP contribution in [0.3, 0.4) is 0 Å². The largest absolute Gasteiger partial charge is 0.454 e. The summed E-state index contributed by atoms with van der Waals surface area (Å²) in [6, 6.07) is 13.0. The summed E-state index contributed by atoms with van der Waals surface area (Å²) in [7, 11) is 0. The van der Waals surface area contributed by atoms with Gasteiger partial charge in [0.2, 0.25) is 0 Å². The standard InChI is InChI=1S/C33H37NO/c1-7-13-26-15-11-16-28-29-17-12-19-31(33(29)35-32(26)28)34(30-18-10-9-14-25(30)8-2)27(22-24(5)6)21-20-23(3)4/h8,10-12,15-23H,2,5,7,9,13-14H2,1,3-4,6H3/b21-20-,27-22+. The first-order valence-corrected chi connectivity index (χ1v) is 12.7. The number of furan rings is 1. The SMILES string of the molecule is C=CC1=C(N(C(/C=C\C(C)C)=C/C(=C)C)c2cccc3c2oc2c(CCC)cccc23)C=CCC1. The first-order chi connectivity index (χ1) is 16.9. The molecule has 0 aliphatic heterocycles. The second-order valence-electron chi connectivity index (χ2n) is 9.71. The van der Waals surface area contributed by atoms with E-state index >= 15 is 0 Å². The molecule has 1 aliphatic rings. The Bertz CT molecular complexity index is 1370. The molecule has 0 N–H and O–H groups in total. The fourth-order valence-corrected chi connectivity index (χ4v) is 4.74. The van der Waals surface area contributed by atoms with E-state index in [0.29, 0.717) is 5.92 Å². The van der Waals surface area contributed by atoms with Crippen molar-refractivity contribution >= 4 is 27.6 Å². The van der Waals surface area contributed by atoms with E-state index in [-0.39, 0.29) is 0 Å². The number of benzene rings is 2. The summed E-state index contributed by atoms with van der Waals surface area (Å²) in [6.45, 7) is 17.0. The Morgan fingerprint density at radius 2 is 1.86 bits per heavy atom. The van der Waals surface area contributed by atoms with E-state index < -0.39 is 0 Å². The zero-order valence-corrected chi connectivity index (χ0v) is 21.6. The van der Waals surface area contributed by atoms with Gasteiger partial charge in [-0.1, -0.05) is 94.5 Å². The lowest BCUT2D eigenvalue weighted by molar-refractivity contribution is 0.660. The number of para-hydroxylation sites is 2. The third kappa shape index (κ3) is 5.12. The second-order valence-corrected chi connectivity index (χ2v) is 9.71. The Labute approximate surface area is 210 Å². The van der Waals surface area contributed by atoms with Crippen molar-refractivity contribution in [2.75, 3.05) is 4.90 Å². The lowest BCUT2D eigenvalue weighted by atomic mass is 9.99. The smallest absolute Gasteiger partial charge is 0.159 e. The number of anilines is 1. The number of hydrogen-bond acceptors (Lipinski definition) is 2. The lowest BCUT2D eigenvalue weighted by Crippen LogP contribution is -2.23. The average Bonchev–Trinajstić information content (AvgIpc) is 3.23. The van der Waals surface area contributed by atoms with Gasteiger partial charge >= 0.3 is 0 Å². The highest BCUT2D eigenvalue weighted by atomic mass is 16.3. The normalized spacial score (nSPS) is 14.6. The number of rotatable bonds is 9. The van der Waals surface area contributed by atoms with Gasteiger partial charge in [0.25, 0.3) is 0 Å². The molecule has 0 spiro atoms. The van der Waals surface area contributed by atoms with Crippen LogP contribution in [0.1, 0.15) is 52.5 Å². The first kappa shape index (κ1) is 24.6. The third-order valence-corrected chi connectivity index (χ3v) is 6.32. The quantitative estimate of drug-likeness (QED) is 0.294. The lowest BCUT2D eigenvalue weighted by Gasteiger charge is -2.30. The van der Waals surface area contributed by atoms with Crippen molar-refractivity contribution in [3.05, 3.63) is 114 Å². The Morgan fingerprint density at radius 3 is 2.54 bits per heavy atom. The summed E-state index contributed by atoms with van der Waals surface area (Å²) in [6.07, 6.45) is 17.1. The molecular weight excluding hydrogens is 426 g/mol. The molecule has 0 saturated carbocycles. The van der Waals surface area contributed by atoms with Crippen molar-refractivity contribution in [1.29, 1.82) is 0 Å². The molecule has 1 heterocycles. The van der Waals surface area contributed by atoms with E-state index in [1.807, 2.05) is 13.0 Å². The zero-order valence-electron chi connectivity index (χ0n) is 21.6. The van der Waals surface area contributed by atoms with Crippen LogP contribution in [0.15, 0.2) is 113 Å². The van der Waals surface area contributed by atoms with Crippen molar-refractivity contribution < 1.29 is 4.42 Å². The number of allylic oxidation sites excluding steroid dienone is 8. The molecule has 180 valence electrons. The number of aryl methyl sites for hydroxylation is 1. The Morgan fingerprint density at radius 1 is 1.11 bits per heavy atom. The zero-order chi connectivity index (χ0) is 24.9. The molecule has 2 aromatic carbocycles. The van der Waals surface area contributed by atoms with Crippen molar-refractivity contribution in [1.82, 2.24) is 0 Å². The summed E-state index contributed by atoms with van der Waals surface area (Å²) >= 11 is 0. The molecule has 3 aromatic rings. The third-order valence-electron chi connectivity index (χ3n) is 6.32. The van der Waals surface area contributed by atoms with Gasteiger partial charge in [-0.15, -0.1) is 0 Å². The van der Waals surface area contributed by atoms with Gasteiger partial charge < -0.3 is 9.32 Å². The van der Waals surface area contributed by atoms with E-state index in [2.05, 4.69) is 106 Å². The maximum absolute atomic E-state index is 6.70. The fourth-order valence-electron chi connectivity index (χ4n) is 4.74. The highest BCUT2D eigenvalue weighted by Gasteiger charge is 2.23. The van der Waals surface area contributed by atoms with E-state index in [9.17, 15) is 0 Å². The monoisotopic (exact) mass is 463 g/mol. The van der Waals surface area contributed by atoms with Crippen LogP contribution in [0.25, 0.3) is 21.9 Å². The summed E-state index contributed by atoms with van der Waals surface area (Å²) in [4.78, 5) is 2.32. The molecule has 35 heavy (non-hydrogen) atoms. The Kier molecular flexibility index (Phi) is 7.60. The van der Waals surface area contributed by atoms with Crippen LogP contribution >= 0.6 is 0 Å². The van der Waals surface area contributed by atoms with Gasteiger partial charge in [0, 0.05) is 22.2 Å². The predicted octanol–water partition coefficient (Wildman–Crippen LogP) is 9.81. The van der Waals surface area contributed by atoms with Gasteiger partial charge in [-0.3, -0.25) is 0 Å². The molecular formula is C33H37NO. The van der Waals surface area contributed by atoms with Crippen LogP contribution in [0, 0.1) is 5.92 Å². The minimum absolute atomic E-state index is 0.429. The molecule has 0 radical (unpaired) electrons. The van der Waals surface area contributed by atoms with Crippen LogP contribution in [-0.2, 0) is 6.42 Å². The molecule has 1 aromatic heterocycles. The van der Waals surface area contributed by atoms with E-state index in [1.54, 1.807) is 0 Å². The van der Waals surface area contributed by atoms with Crippen molar-refractivity contribution in [2.24, 2.45) is 5.92 Å². The molecule has 4 rings (SSSR count). The minimum Gasteiger partial charge on any atom is -0.454 e. The Hall–Kier alpha value is -3.52. The molecule has 0 bridgehead atoms. The van der Waals surface area contributed by atoms with Crippen molar-refractivity contribution in [3.8, 4) is 0 Å². The summed E-state index contributed by atoms with van der Waals surface area (Å²) in [5.41, 5.74) is 8.63. The molecule has 0 fully saturated rings. The van der Waals surface area contributed by atoms with E-state index in [0.717, 1.165) is 64.9 Å². The summed E-state index contributed by atoms with van der Waals surface area (Å²) in [5, 5.41) is 2.32. The minimum atomic E-state index is 0.429. The van der Waals surface area contributed by atoms with Crippen LogP contribution in [0.4, 0.5) is 5.69 Å². The van der Waals surface area contributed by atoms with E-state index in [4.69, 9.17) is 4.42 Å². The topological polar surface area (TPSA) is 16.4 Å². The number of fused-ring (bicyclic) bond motifs is 3. The molecule has 0 saturated heterocycles. The highest BCUT2D eigenvalue weighted by Crippen LogP contribution is 2.41. The van der Waals surface area contributed by atoms with E-state index in [1.165, 1.54) is 16.5 Å². The Balaban J connectivity index is 2.05. The average molecular weight is 464 g/mol. The number of hydrogen-bond donors (Lipinski definition) is 0. The molecule has 0 amide bonds.